The van der Waals surface area contributed by atoms with Crippen molar-refractivity contribution >= 4 is 11.3 Å². The third-order valence-electron chi connectivity index (χ3n) is 6.56. The van der Waals surface area contributed by atoms with Gasteiger partial charge in [-0.15, -0.1) is 0 Å². The Labute approximate surface area is 224 Å². The minimum atomic E-state index is -0.422. The van der Waals surface area contributed by atoms with Gasteiger partial charge in [-0.3, -0.25) is 0 Å². The minimum absolute atomic E-state index is 0.355. The van der Waals surface area contributed by atoms with Crippen LogP contribution in [0.15, 0.2) is 122 Å². The smallest absolute Gasteiger partial charge is 0.150 e. The van der Waals surface area contributed by atoms with E-state index in [9.17, 15) is 0 Å². The van der Waals surface area contributed by atoms with Gasteiger partial charge in [0.2, 0.25) is 0 Å². The fourth-order valence-electron chi connectivity index (χ4n) is 4.56. The fraction of sp³-hybridized carbons (Fsp3) is 0.212. The second kappa shape index (κ2) is 13.1. The van der Waals surface area contributed by atoms with E-state index in [4.69, 9.17) is 24.7 Å². The van der Waals surface area contributed by atoms with Crippen molar-refractivity contribution in [2.45, 2.75) is 38.1 Å². The molecule has 0 fully saturated rings. The molecule has 0 amide bonds. The second-order valence-corrected chi connectivity index (χ2v) is 9.31. The van der Waals surface area contributed by atoms with Crippen molar-refractivity contribution in [2.75, 3.05) is 12.3 Å². The number of hydrogen-bond acceptors (Lipinski definition) is 5. The summed E-state index contributed by atoms with van der Waals surface area (Å²) in [6.07, 6.45) is 0.564. The van der Waals surface area contributed by atoms with Crippen LogP contribution in [0.2, 0.25) is 0 Å². The summed E-state index contributed by atoms with van der Waals surface area (Å²) in [7, 11) is 0. The van der Waals surface area contributed by atoms with Gasteiger partial charge < -0.3 is 24.7 Å². The number of nitrogens with two attached hydrogens (primary N) is 1. The van der Waals surface area contributed by atoms with Crippen molar-refractivity contribution in [3.8, 4) is 0 Å². The average Bonchev–Trinajstić information content (AvgIpc) is 2.97. The molecule has 0 aromatic heterocycles. The van der Waals surface area contributed by atoms with Crippen molar-refractivity contribution < 1.29 is 18.9 Å². The lowest BCUT2D eigenvalue weighted by atomic mass is 9.92. The zero-order chi connectivity index (χ0) is 26.0. The molecule has 2 N–H and O–H groups in total. The molecule has 5 heteroatoms. The topological polar surface area (TPSA) is 62.9 Å². The molecule has 3 atom stereocenters. The Hall–Kier alpha value is -3.90. The summed E-state index contributed by atoms with van der Waals surface area (Å²) in [5, 5.41) is 0. The Bertz CT molecular complexity index is 1290. The highest BCUT2D eigenvalue weighted by Crippen LogP contribution is 2.35. The third kappa shape index (κ3) is 6.69. The Morgan fingerprint density at radius 3 is 1.74 bits per heavy atom. The normalized spacial score (nSPS) is 18.9. The van der Waals surface area contributed by atoms with Crippen LogP contribution < -0.4 is 5.73 Å². The maximum absolute atomic E-state index is 6.60. The number of anilines is 1. The van der Waals surface area contributed by atoms with E-state index in [1.165, 1.54) is 0 Å². The maximum Gasteiger partial charge on any atom is 0.150 e. The van der Waals surface area contributed by atoms with Crippen molar-refractivity contribution in [3.63, 3.8) is 0 Å². The molecule has 0 aliphatic carbocycles. The first-order valence-corrected chi connectivity index (χ1v) is 12.9. The first-order chi connectivity index (χ1) is 18.8. The quantitative estimate of drug-likeness (QED) is 0.238. The van der Waals surface area contributed by atoms with Crippen LogP contribution in [0.5, 0.6) is 0 Å². The Morgan fingerprint density at radius 2 is 1.13 bits per heavy atom. The molecule has 0 radical (unpaired) electrons. The van der Waals surface area contributed by atoms with Crippen LogP contribution in [0.25, 0.3) is 5.57 Å². The standard InChI is InChI=1S/C33H33NO4/c34-30-19-11-10-18-28(30)29-23-36-31(24-35-20-25-12-4-1-5-13-25)33(38-22-27-16-8-3-9-17-27)32(29)37-21-26-14-6-2-7-15-26/h1-19,23,31-33H,20-22,24,34H2/t31-,32-,33-/m1/s1. The van der Waals surface area contributed by atoms with Crippen LogP contribution in [0.1, 0.15) is 22.3 Å². The summed E-state index contributed by atoms with van der Waals surface area (Å²) in [6.45, 7) is 1.70. The highest BCUT2D eigenvalue weighted by atomic mass is 16.6. The molecule has 0 unspecified atom stereocenters. The average molecular weight is 508 g/mol. The molecular formula is C33H33NO4. The number of benzene rings is 4. The molecular weight excluding hydrogens is 474 g/mol. The lowest BCUT2D eigenvalue weighted by molar-refractivity contribution is -0.143. The summed E-state index contributed by atoms with van der Waals surface area (Å²) in [5.74, 6) is 0. The highest BCUT2D eigenvalue weighted by Gasteiger charge is 2.40. The molecule has 4 aromatic carbocycles. The summed E-state index contributed by atoms with van der Waals surface area (Å²) in [5.41, 5.74) is 12.1. The maximum atomic E-state index is 6.60. The fourth-order valence-corrected chi connectivity index (χ4v) is 4.56. The van der Waals surface area contributed by atoms with Crippen LogP contribution >= 0.6 is 0 Å². The molecule has 4 aromatic rings. The van der Waals surface area contributed by atoms with E-state index in [-0.39, 0.29) is 6.10 Å². The van der Waals surface area contributed by atoms with Crippen LogP contribution in [-0.2, 0) is 38.8 Å². The predicted octanol–water partition coefficient (Wildman–Crippen LogP) is 6.40. The lowest BCUT2D eigenvalue weighted by Crippen LogP contribution is -2.47. The van der Waals surface area contributed by atoms with E-state index in [1.54, 1.807) is 6.26 Å². The van der Waals surface area contributed by atoms with Crippen LogP contribution in [0.3, 0.4) is 0 Å². The van der Waals surface area contributed by atoms with Gasteiger partial charge in [0.25, 0.3) is 0 Å². The molecule has 0 spiro atoms. The van der Waals surface area contributed by atoms with Gasteiger partial charge >= 0.3 is 0 Å². The number of para-hydroxylation sites is 1. The number of nitrogen functional groups attached to an aromatic ring is 1. The summed E-state index contributed by atoms with van der Waals surface area (Å²) < 4.78 is 25.5. The van der Waals surface area contributed by atoms with Gasteiger partial charge in [-0.2, -0.15) is 0 Å². The first-order valence-electron chi connectivity index (χ1n) is 12.9. The van der Waals surface area contributed by atoms with E-state index in [0.29, 0.717) is 32.1 Å². The molecule has 0 saturated carbocycles. The first kappa shape index (κ1) is 25.7. The molecule has 38 heavy (non-hydrogen) atoms. The van der Waals surface area contributed by atoms with Gasteiger partial charge in [0.15, 0.2) is 0 Å². The SMILES string of the molecule is Nc1ccccc1C1=CO[C@H](COCc2ccccc2)[C@@H](OCc2ccccc2)[C@@H]1OCc1ccccc1. The van der Waals surface area contributed by atoms with Crippen molar-refractivity contribution in [3.05, 3.63) is 144 Å². The molecule has 1 aliphatic rings. The van der Waals surface area contributed by atoms with Gasteiger partial charge in [-0.25, -0.2) is 0 Å². The third-order valence-corrected chi connectivity index (χ3v) is 6.56. The molecule has 5 rings (SSSR count). The Morgan fingerprint density at radius 1 is 0.605 bits per heavy atom. The van der Waals surface area contributed by atoms with Gasteiger partial charge in [-0.05, 0) is 22.8 Å². The molecule has 5 nitrogen and oxygen atoms in total. The van der Waals surface area contributed by atoms with Gasteiger partial charge in [-0.1, -0.05) is 109 Å². The predicted molar refractivity (Wildman–Crippen MR) is 150 cm³/mol. The summed E-state index contributed by atoms with van der Waals surface area (Å²) in [4.78, 5) is 0. The van der Waals surface area contributed by atoms with Crippen LogP contribution in [0, 0.1) is 0 Å². The van der Waals surface area contributed by atoms with Crippen molar-refractivity contribution in [1.29, 1.82) is 0 Å². The second-order valence-electron chi connectivity index (χ2n) is 9.31. The lowest BCUT2D eigenvalue weighted by Gasteiger charge is -2.38. The molecule has 0 bridgehead atoms. The van der Waals surface area contributed by atoms with Crippen molar-refractivity contribution in [2.24, 2.45) is 0 Å². The summed E-state index contributed by atoms with van der Waals surface area (Å²) >= 11 is 0. The monoisotopic (exact) mass is 507 g/mol. The molecule has 1 aliphatic heterocycles. The Balaban J connectivity index is 1.41. The Kier molecular flexibility index (Phi) is 8.85. The van der Waals surface area contributed by atoms with E-state index >= 15 is 0 Å². The number of rotatable bonds is 11. The highest BCUT2D eigenvalue weighted by molar-refractivity contribution is 5.77. The molecule has 1 heterocycles. The zero-order valence-corrected chi connectivity index (χ0v) is 21.3. The van der Waals surface area contributed by atoms with E-state index in [2.05, 4.69) is 24.3 Å². The van der Waals surface area contributed by atoms with E-state index in [1.807, 2.05) is 91.0 Å². The van der Waals surface area contributed by atoms with Crippen molar-refractivity contribution in [1.82, 2.24) is 0 Å². The number of ether oxygens (including phenoxy) is 4. The summed E-state index contributed by atoms with van der Waals surface area (Å²) in [6, 6.07) is 38.1. The van der Waals surface area contributed by atoms with E-state index in [0.717, 1.165) is 27.8 Å². The van der Waals surface area contributed by atoms with Gasteiger partial charge in [0, 0.05) is 16.8 Å². The van der Waals surface area contributed by atoms with Gasteiger partial charge in [0.1, 0.15) is 18.3 Å². The van der Waals surface area contributed by atoms with Gasteiger partial charge in [0.05, 0.1) is 32.7 Å². The van der Waals surface area contributed by atoms with E-state index < -0.39 is 12.2 Å². The molecule has 0 saturated heterocycles. The van der Waals surface area contributed by atoms with Crippen LogP contribution in [0.4, 0.5) is 5.69 Å². The number of hydrogen-bond donors (Lipinski definition) is 1. The largest absolute Gasteiger partial charge is 0.492 e. The van der Waals surface area contributed by atoms with Crippen LogP contribution in [-0.4, -0.2) is 24.9 Å². The molecule has 194 valence electrons. The zero-order valence-electron chi connectivity index (χ0n) is 21.3. The minimum Gasteiger partial charge on any atom is -0.492 e.